The van der Waals surface area contributed by atoms with Crippen molar-refractivity contribution in [1.29, 1.82) is 0 Å². The van der Waals surface area contributed by atoms with Crippen LogP contribution in [0.3, 0.4) is 0 Å². The second-order valence-corrected chi connectivity index (χ2v) is 7.96. The molecule has 0 bridgehead atoms. The number of benzene rings is 2. The number of hydrogen-bond donors (Lipinski definition) is 1. The third-order valence-corrected chi connectivity index (χ3v) is 5.23. The number of fused-ring (bicyclic) bond motifs is 3. The zero-order chi connectivity index (χ0) is 17.6. The smallest absolute Gasteiger partial charge is 0.248 e. The Labute approximate surface area is 149 Å². The third-order valence-electron chi connectivity index (χ3n) is 5.23. The second kappa shape index (κ2) is 5.80. The van der Waals surface area contributed by atoms with Crippen molar-refractivity contribution < 1.29 is 4.79 Å². The van der Waals surface area contributed by atoms with Gasteiger partial charge in [0.15, 0.2) is 0 Å². The van der Waals surface area contributed by atoms with E-state index in [1.165, 1.54) is 11.3 Å². The predicted molar refractivity (Wildman–Crippen MR) is 104 cm³/mol. The van der Waals surface area contributed by atoms with Crippen molar-refractivity contribution in [2.24, 2.45) is 0 Å². The lowest BCUT2D eigenvalue weighted by Crippen LogP contribution is -2.60. The molecule has 4 nitrogen and oxygen atoms in total. The van der Waals surface area contributed by atoms with E-state index in [4.69, 9.17) is 0 Å². The Morgan fingerprint density at radius 3 is 2.64 bits per heavy atom. The van der Waals surface area contributed by atoms with Crippen LogP contribution in [0.5, 0.6) is 0 Å². The Morgan fingerprint density at radius 2 is 1.84 bits per heavy atom. The molecule has 2 aliphatic rings. The summed E-state index contributed by atoms with van der Waals surface area (Å²) in [6.07, 6.45) is 0. The van der Waals surface area contributed by atoms with Gasteiger partial charge in [-0.1, -0.05) is 45.0 Å². The van der Waals surface area contributed by atoms with Gasteiger partial charge in [-0.05, 0) is 35.2 Å². The average molecular weight is 335 g/mol. The molecule has 0 radical (unpaired) electrons. The van der Waals surface area contributed by atoms with Gasteiger partial charge in [-0.2, -0.15) is 0 Å². The first kappa shape index (κ1) is 16.0. The summed E-state index contributed by atoms with van der Waals surface area (Å²) in [5, 5.41) is 3.06. The van der Waals surface area contributed by atoms with Gasteiger partial charge in [0.05, 0.1) is 11.4 Å². The molecule has 1 fully saturated rings. The minimum Gasteiger partial charge on any atom is -0.367 e. The summed E-state index contributed by atoms with van der Waals surface area (Å²) in [5.74, 6) is 0.0929. The lowest BCUT2D eigenvalue weighted by Gasteiger charge is -2.45. The van der Waals surface area contributed by atoms with E-state index in [0.717, 1.165) is 24.5 Å². The standard InChI is InChI=1S/C21H25N3O/c1-21(2,3)15-7-6-8-16(13-15)23-11-12-24-18-10-5-4-9-17(18)22-20(25)19(24)14-23/h4-10,13,19H,11-12,14H2,1-3H3,(H,22,25). The summed E-state index contributed by atoms with van der Waals surface area (Å²) in [6, 6.07) is 16.7. The molecule has 25 heavy (non-hydrogen) atoms. The molecule has 2 aliphatic heterocycles. The van der Waals surface area contributed by atoms with Gasteiger partial charge in [-0.15, -0.1) is 0 Å². The van der Waals surface area contributed by atoms with E-state index in [1.807, 2.05) is 18.2 Å². The minimum absolute atomic E-state index is 0.0929. The third kappa shape index (κ3) is 2.86. The van der Waals surface area contributed by atoms with Crippen molar-refractivity contribution in [3.8, 4) is 0 Å². The Kier molecular flexibility index (Phi) is 3.71. The molecule has 0 aliphatic carbocycles. The minimum atomic E-state index is -0.137. The first-order valence-electron chi connectivity index (χ1n) is 8.95. The van der Waals surface area contributed by atoms with Crippen LogP contribution in [0.25, 0.3) is 0 Å². The zero-order valence-electron chi connectivity index (χ0n) is 15.1. The van der Waals surface area contributed by atoms with E-state index in [1.54, 1.807) is 0 Å². The molecule has 2 aromatic rings. The van der Waals surface area contributed by atoms with Crippen LogP contribution in [0.4, 0.5) is 17.1 Å². The van der Waals surface area contributed by atoms with Crippen LogP contribution in [-0.2, 0) is 10.2 Å². The Bertz CT molecular complexity index is 809. The number of nitrogens with zero attached hydrogens (tertiary/aromatic N) is 2. The first-order valence-corrected chi connectivity index (χ1v) is 8.95. The van der Waals surface area contributed by atoms with E-state index in [2.05, 4.69) is 66.2 Å². The average Bonchev–Trinajstić information content (AvgIpc) is 2.61. The summed E-state index contributed by atoms with van der Waals surface area (Å²) in [5.41, 5.74) is 4.71. The van der Waals surface area contributed by atoms with Crippen LogP contribution in [0, 0.1) is 0 Å². The number of nitrogens with one attached hydrogen (secondary N) is 1. The van der Waals surface area contributed by atoms with Gasteiger partial charge in [0.25, 0.3) is 0 Å². The summed E-state index contributed by atoms with van der Waals surface area (Å²) in [4.78, 5) is 17.2. The monoisotopic (exact) mass is 335 g/mol. The van der Waals surface area contributed by atoms with Gasteiger partial charge in [0, 0.05) is 25.3 Å². The molecule has 130 valence electrons. The second-order valence-electron chi connectivity index (χ2n) is 7.96. The highest BCUT2D eigenvalue weighted by Gasteiger charge is 2.37. The summed E-state index contributed by atoms with van der Waals surface area (Å²) < 4.78 is 0. The fourth-order valence-electron chi connectivity index (χ4n) is 3.75. The molecule has 0 aromatic heterocycles. The van der Waals surface area contributed by atoms with E-state index >= 15 is 0 Å². The van der Waals surface area contributed by atoms with Crippen LogP contribution in [0.1, 0.15) is 26.3 Å². The fraction of sp³-hybridized carbons (Fsp3) is 0.381. The van der Waals surface area contributed by atoms with Crippen LogP contribution in [-0.4, -0.2) is 31.6 Å². The van der Waals surface area contributed by atoms with Crippen LogP contribution in [0.15, 0.2) is 48.5 Å². The Hall–Kier alpha value is -2.49. The topological polar surface area (TPSA) is 35.6 Å². The molecule has 4 heteroatoms. The molecular weight excluding hydrogens is 310 g/mol. The van der Waals surface area contributed by atoms with Gasteiger partial charge in [0.1, 0.15) is 6.04 Å². The van der Waals surface area contributed by atoms with E-state index in [-0.39, 0.29) is 17.4 Å². The summed E-state index contributed by atoms with van der Waals surface area (Å²) in [6.45, 7) is 9.19. The molecular formula is C21H25N3O. The number of rotatable bonds is 1. The van der Waals surface area contributed by atoms with E-state index < -0.39 is 0 Å². The van der Waals surface area contributed by atoms with Gasteiger partial charge >= 0.3 is 0 Å². The van der Waals surface area contributed by atoms with E-state index in [9.17, 15) is 4.79 Å². The molecule has 1 amide bonds. The van der Waals surface area contributed by atoms with Crippen molar-refractivity contribution in [2.45, 2.75) is 32.2 Å². The normalized spacial score (nSPS) is 20.0. The van der Waals surface area contributed by atoms with Crippen molar-refractivity contribution in [3.63, 3.8) is 0 Å². The molecule has 1 atom stereocenters. The number of carbonyl (C=O) groups is 1. The number of hydrogen-bond acceptors (Lipinski definition) is 3. The summed E-state index contributed by atoms with van der Waals surface area (Å²) in [7, 11) is 0. The largest absolute Gasteiger partial charge is 0.367 e. The quantitative estimate of drug-likeness (QED) is 0.864. The van der Waals surface area contributed by atoms with Crippen LogP contribution >= 0.6 is 0 Å². The van der Waals surface area contributed by atoms with Crippen molar-refractivity contribution in [2.75, 3.05) is 34.8 Å². The molecule has 1 unspecified atom stereocenters. The number of carbonyl (C=O) groups excluding carboxylic acids is 1. The maximum absolute atomic E-state index is 12.6. The van der Waals surface area contributed by atoms with Crippen LogP contribution < -0.4 is 15.1 Å². The SMILES string of the molecule is CC(C)(C)c1cccc(N2CCN3c4ccccc4NC(=O)C3C2)c1. The van der Waals surface area contributed by atoms with Gasteiger partial charge < -0.3 is 15.1 Å². The Morgan fingerprint density at radius 1 is 1.04 bits per heavy atom. The summed E-state index contributed by atoms with van der Waals surface area (Å²) >= 11 is 0. The lowest BCUT2D eigenvalue weighted by molar-refractivity contribution is -0.117. The molecule has 1 N–H and O–H groups in total. The van der Waals surface area contributed by atoms with Crippen molar-refractivity contribution >= 4 is 23.0 Å². The molecule has 4 rings (SSSR count). The lowest BCUT2D eigenvalue weighted by atomic mass is 9.87. The number of para-hydroxylation sites is 2. The number of amides is 1. The number of anilines is 3. The molecule has 2 aromatic carbocycles. The van der Waals surface area contributed by atoms with Gasteiger partial charge in [-0.25, -0.2) is 0 Å². The molecule has 1 saturated heterocycles. The maximum atomic E-state index is 12.6. The molecule has 0 spiro atoms. The highest BCUT2D eigenvalue weighted by molar-refractivity contribution is 6.04. The van der Waals surface area contributed by atoms with E-state index in [0.29, 0.717) is 6.54 Å². The van der Waals surface area contributed by atoms with Crippen molar-refractivity contribution in [1.82, 2.24) is 0 Å². The van der Waals surface area contributed by atoms with Gasteiger partial charge in [-0.3, -0.25) is 4.79 Å². The maximum Gasteiger partial charge on any atom is 0.248 e. The first-order chi connectivity index (χ1) is 11.9. The highest BCUT2D eigenvalue weighted by atomic mass is 16.2. The van der Waals surface area contributed by atoms with Crippen molar-refractivity contribution in [3.05, 3.63) is 54.1 Å². The zero-order valence-corrected chi connectivity index (χ0v) is 15.1. The predicted octanol–water partition coefficient (Wildman–Crippen LogP) is 3.63. The highest BCUT2D eigenvalue weighted by Crippen LogP contribution is 2.35. The van der Waals surface area contributed by atoms with Crippen LogP contribution in [0.2, 0.25) is 0 Å². The van der Waals surface area contributed by atoms with Gasteiger partial charge in [0.2, 0.25) is 5.91 Å². The number of piperazine rings is 1. The molecule has 2 heterocycles. The Balaban J connectivity index is 1.61. The fourth-order valence-corrected chi connectivity index (χ4v) is 3.75. The molecule has 0 saturated carbocycles.